The summed E-state index contributed by atoms with van der Waals surface area (Å²) in [4.78, 5) is 13.7. The first kappa shape index (κ1) is 26.4. The number of amides is 1. The second-order valence-corrected chi connectivity index (χ2v) is 14.0. The summed E-state index contributed by atoms with van der Waals surface area (Å²) in [5.41, 5.74) is 2.66. The third-order valence-corrected chi connectivity index (χ3v) is 11.1. The topological polar surface area (TPSA) is 99.4 Å². The number of nitrogens with one attached hydrogen (secondary N) is 1. The number of alkyl carbamates (subject to hydrolysis) is 1. The van der Waals surface area contributed by atoms with Gasteiger partial charge < -0.3 is 23.8 Å². The van der Waals surface area contributed by atoms with Crippen LogP contribution in [0.25, 0.3) is 11.0 Å². The maximum absolute atomic E-state index is 13.1. The average Bonchev–Trinajstić information content (AvgIpc) is 3.56. The van der Waals surface area contributed by atoms with Crippen LogP contribution < -0.4 is 5.32 Å². The van der Waals surface area contributed by atoms with E-state index in [2.05, 4.69) is 23.5 Å². The molecule has 3 saturated carbocycles. The zero-order chi connectivity index (χ0) is 27.4. The van der Waals surface area contributed by atoms with Crippen LogP contribution in [-0.4, -0.2) is 48.9 Å². The molecule has 206 valence electrons. The van der Waals surface area contributed by atoms with Gasteiger partial charge in [0.15, 0.2) is 0 Å². The van der Waals surface area contributed by atoms with Crippen molar-refractivity contribution in [2.45, 2.75) is 62.8 Å². The molecule has 2 bridgehead atoms. The Morgan fingerprint density at radius 1 is 1.15 bits per heavy atom. The van der Waals surface area contributed by atoms with E-state index in [1.165, 1.54) is 13.5 Å². The van der Waals surface area contributed by atoms with E-state index < -0.39 is 28.9 Å². The summed E-state index contributed by atoms with van der Waals surface area (Å²) in [6, 6.07) is 15.0. The minimum atomic E-state index is -2.58. The van der Waals surface area contributed by atoms with Gasteiger partial charge in [-0.25, -0.2) is 13.4 Å². The van der Waals surface area contributed by atoms with Gasteiger partial charge in [-0.1, -0.05) is 50.2 Å². The van der Waals surface area contributed by atoms with Gasteiger partial charge in [0, 0.05) is 24.3 Å². The van der Waals surface area contributed by atoms with Crippen molar-refractivity contribution in [1.82, 2.24) is 5.32 Å². The first-order chi connectivity index (χ1) is 18.7. The molecule has 3 aromatic rings. The van der Waals surface area contributed by atoms with Gasteiger partial charge in [-0.2, -0.15) is 0 Å². The van der Waals surface area contributed by atoms with E-state index >= 15 is 0 Å². The van der Waals surface area contributed by atoms with E-state index in [1.807, 2.05) is 30.3 Å². The fraction of sp³-hybridized carbons (Fsp3) is 0.483. The molecule has 4 fully saturated rings. The van der Waals surface area contributed by atoms with Gasteiger partial charge >= 0.3 is 13.2 Å². The van der Waals surface area contributed by atoms with Gasteiger partial charge in [0.2, 0.25) is 0 Å². The number of para-hydroxylation sites is 1. The molecule has 0 spiro atoms. The molecule has 1 aromatic heterocycles. The zero-order valence-corrected chi connectivity index (χ0v) is 23.6. The second-order valence-electron chi connectivity index (χ2n) is 11.6. The van der Waals surface area contributed by atoms with E-state index in [0.29, 0.717) is 28.7 Å². The van der Waals surface area contributed by atoms with Crippen LogP contribution in [0.1, 0.15) is 37.8 Å². The van der Waals surface area contributed by atoms with Crippen LogP contribution in [0.3, 0.4) is 0 Å². The van der Waals surface area contributed by atoms with Gasteiger partial charge in [-0.05, 0) is 54.2 Å². The summed E-state index contributed by atoms with van der Waals surface area (Å²) < 4.78 is 41.3. The molecule has 6 atom stereocenters. The van der Waals surface area contributed by atoms with Gasteiger partial charge in [0.25, 0.3) is 0 Å². The highest BCUT2D eigenvalue weighted by Crippen LogP contribution is 2.61. The molecule has 5 unspecified atom stereocenters. The number of rotatable bonds is 7. The largest absolute Gasteiger partial charge is 0.481 e. The summed E-state index contributed by atoms with van der Waals surface area (Å²) in [6.07, 6.45) is 5.39. The third-order valence-electron chi connectivity index (χ3n) is 9.15. The number of fused-ring (bicyclic) bond motifs is 1. The van der Waals surface area contributed by atoms with Crippen molar-refractivity contribution in [1.29, 1.82) is 0 Å². The van der Waals surface area contributed by atoms with Gasteiger partial charge in [0.1, 0.15) is 12.2 Å². The minimum absolute atomic E-state index is 0.0267. The van der Waals surface area contributed by atoms with Crippen molar-refractivity contribution in [3.8, 4) is 0 Å². The lowest BCUT2D eigenvalue weighted by atomic mass is 9.47. The molecule has 8 nitrogen and oxygen atoms in total. The molecule has 1 aliphatic heterocycles. The van der Waals surface area contributed by atoms with Gasteiger partial charge in [-0.15, -0.1) is 0 Å². The summed E-state index contributed by atoms with van der Waals surface area (Å²) in [6.45, 7) is 4.61. The maximum atomic E-state index is 13.1. The Morgan fingerprint density at radius 3 is 2.72 bits per heavy atom. The van der Waals surface area contributed by atoms with Crippen LogP contribution in [0.2, 0.25) is 0 Å². The van der Waals surface area contributed by atoms with Crippen molar-refractivity contribution in [2.24, 2.45) is 21.6 Å². The number of carbonyl (C=O) groups is 1. The molecule has 2 aromatic carbocycles. The Bertz CT molecular complexity index is 1510. The molecule has 10 heteroatoms. The molecule has 1 saturated heterocycles. The molecule has 2 heterocycles. The number of carbonyl (C=O) groups excluding carboxylic acids is 1. The van der Waals surface area contributed by atoms with Crippen molar-refractivity contribution >= 4 is 33.9 Å². The molecular weight excluding hydrogens is 515 g/mol. The number of furan rings is 1. The second kappa shape index (κ2) is 9.98. The van der Waals surface area contributed by atoms with Gasteiger partial charge in [-0.3, -0.25) is 0 Å². The fourth-order valence-corrected chi connectivity index (χ4v) is 7.76. The summed E-state index contributed by atoms with van der Waals surface area (Å²) in [5.74, 6) is 0.614. The number of hydrogen-bond acceptors (Lipinski definition) is 7. The zero-order valence-electron chi connectivity index (χ0n) is 22.8. The molecule has 1 N–H and O–H groups in total. The monoisotopic (exact) mass is 550 g/mol. The Kier molecular flexibility index (Phi) is 6.76. The summed E-state index contributed by atoms with van der Waals surface area (Å²) in [7, 11) is -1.65. The van der Waals surface area contributed by atoms with Crippen molar-refractivity contribution in [3.63, 3.8) is 0 Å². The number of ether oxygens (including phenoxy) is 1. The van der Waals surface area contributed by atoms with Crippen molar-refractivity contribution in [2.75, 3.05) is 13.3 Å². The maximum Gasteiger partial charge on any atom is 0.481 e. The van der Waals surface area contributed by atoms with Crippen LogP contribution in [0, 0.1) is 17.3 Å². The summed E-state index contributed by atoms with van der Waals surface area (Å²) >= 11 is 0. The van der Waals surface area contributed by atoms with E-state index in [-0.39, 0.29) is 24.2 Å². The molecule has 0 radical (unpaired) electrons. The highest BCUT2D eigenvalue weighted by molar-refractivity contribution is 7.93. The molecule has 3 aliphatic carbocycles. The van der Waals surface area contributed by atoms with Crippen LogP contribution in [-0.2, 0) is 36.8 Å². The van der Waals surface area contributed by atoms with E-state index in [0.717, 1.165) is 23.0 Å². The Labute approximate surface area is 230 Å². The lowest BCUT2D eigenvalue weighted by molar-refractivity contribution is -0.150. The van der Waals surface area contributed by atoms with Crippen LogP contribution in [0.5, 0.6) is 0 Å². The standard InChI is InChI=1S/C29H35BN2O6S/c1-29(2)20-14-22(29)27-24(15-20)37-30(38-27)26(13-19-17-35-23-11-7-6-10-21(19)23)32-28(33)36-16-18-9-5-8-12-25(18)39(4,34)31-3/h5-12,17,20,22,24,26-27H,13-16H2,1-4H3,(H,32,33)/t20-,22?,24?,26?,27?,39?/m0/s1. The number of benzene rings is 2. The van der Waals surface area contributed by atoms with Crippen LogP contribution in [0.4, 0.5) is 4.79 Å². The van der Waals surface area contributed by atoms with E-state index in [9.17, 15) is 9.00 Å². The first-order valence-corrected chi connectivity index (χ1v) is 15.5. The molecule has 7 rings (SSSR count). The Morgan fingerprint density at radius 2 is 1.92 bits per heavy atom. The lowest BCUT2D eigenvalue weighted by Crippen LogP contribution is -2.59. The first-order valence-electron chi connectivity index (χ1n) is 13.5. The SMILES string of the molecule is CN=S(C)(=O)c1ccccc1COC(=O)NC(Cc1coc2ccccc12)B1OC2C[C@@H]3CC(C2O1)C3(C)C. The highest BCUT2D eigenvalue weighted by Gasteiger charge is 2.62. The number of nitrogens with zero attached hydrogens (tertiary/aromatic N) is 1. The Balaban J connectivity index is 1.20. The third kappa shape index (κ3) is 4.76. The van der Waals surface area contributed by atoms with Gasteiger partial charge in [0.05, 0.1) is 39.0 Å². The lowest BCUT2D eigenvalue weighted by Gasteiger charge is -2.60. The molecule has 1 amide bonds. The average molecular weight is 550 g/mol. The highest BCUT2D eigenvalue weighted by atomic mass is 32.2. The van der Waals surface area contributed by atoms with Crippen LogP contribution in [0.15, 0.2) is 68.5 Å². The molecule has 4 aliphatic rings. The van der Waals surface area contributed by atoms with E-state index in [1.54, 1.807) is 30.7 Å². The minimum Gasteiger partial charge on any atom is -0.464 e. The van der Waals surface area contributed by atoms with Crippen molar-refractivity contribution in [3.05, 3.63) is 65.9 Å². The molecular formula is C29H35BN2O6S. The fourth-order valence-electron chi connectivity index (χ4n) is 6.62. The predicted octanol–water partition coefficient (Wildman–Crippen LogP) is 5.23. The predicted molar refractivity (Wildman–Crippen MR) is 150 cm³/mol. The summed E-state index contributed by atoms with van der Waals surface area (Å²) in [5, 5.41) is 4.01. The van der Waals surface area contributed by atoms with Crippen LogP contribution >= 0.6 is 0 Å². The van der Waals surface area contributed by atoms with E-state index in [4.69, 9.17) is 18.5 Å². The normalized spacial score (nSPS) is 27.2. The number of hydrogen-bond donors (Lipinski definition) is 1. The smallest absolute Gasteiger partial charge is 0.464 e. The quantitative estimate of drug-likeness (QED) is 0.405. The molecule has 39 heavy (non-hydrogen) atoms. The van der Waals surface area contributed by atoms with Crippen molar-refractivity contribution < 1.29 is 27.5 Å². The Hall–Kier alpha value is -2.82.